The Kier molecular flexibility index (Phi) is 2.24. The number of hydrogen-bond acceptors (Lipinski definition) is 1. The highest BCUT2D eigenvalue weighted by molar-refractivity contribution is 9.10. The number of ketones is 1. The van der Waals surface area contributed by atoms with Gasteiger partial charge in [-0.1, -0.05) is 28.9 Å². The van der Waals surface area contributed by atoms with Gasteiger partial charge in [-0.3, -0.25) is 4.79 Å². The zero-order valence-corrected chi connectivity index (χ0v) is 9.10. The molecule has 13 heavy (non-hydrogen) atoms. The van der Waals surface area contributed by atoms with Gasteiger partial charge in [0.05, 0.1) is 0 Å². The Morgan fingerprint density at radius 2 is 2.31 bits per heavy atom. The number of hydrogen-bond donors (Lipinski definition) is 0. The molecule has 0 aromatic heterocycles. The maximum absolute atomic E-state index is 11.8. The molecule has 1 aromatic rings. The highest BCUT2D eigenvalue weighted by Crippen LogP contribution is 2.30. The number of rotatable bonds is 1. The summed E-state index contributed by atoms with van der Waals surface area (Å²) in [6, 6.07) is 5.99. The second kappa shape index (κ2) is 3.26. The maximum Gasteiger partial charge on any atom is 0.166 e. The first kappa shape index (κ1) is 8.95. The van der Waals surface area contributed by atoms with Crippen LogP contribution in [-0.2, 0) is 6.42 Å². The van der Waals surface area contributed by atoms with Crippen LogP contribution in [0.1, 0.15) is 29.3 Å². The molecular formula is C11H11BrO. The summed E-state index contributed by atoms with van der Waals surface area (Å²) in [6.07, 6.45) is 1.88. The van der Waals surface area contributed by atoms with Crippen LogP contribution in [0.3, 0.4) is 0 Å². The average Bonchev–Trinajstić information content (AvgIpc) is 2.44. The Hall–Kier alpha value is -0.630. The molecule has 2 heteroatoms. The van der Waals surface area contributed by atoms with Gasteiger partial charge in [0, 0.05) is 16.0 Å². The predicted octanol–water partition coefficient (Wildman–Crippen LogP) is 3.21. The molecule has 1 aliphatic rings. The third kappa shape index (κ3) is 1.44. The van der Waals surface area contributed by atoms with Crippen LogP contribution in [0.4, 0.5) is 0 Å². The van der Waals surface area contributed by atoms with Crippen LogP contribution >= 0.6 is 15.9 Å². The number of benzene rings is 1. The number of halogens is 1. The summed E-state index contributed by atoms with van der Waals surface area (Å²) in [7, 11) is 0. The lowest BCUT2D eigenvalue weighted by Gasteiger charge is -2.00. The second-order valence-corrected chi connectivity index (χ2v) is 4.39. The van der Waals surface area contributed by atoms with E-state index in [1.807, 2.05) is 18.2 Å². The van der Waals surface area contributed by atoms with Crippen molar-refractivity contribution in [2.24, 2.45) is 5.92 Å². The highest BCUT2D eigenvalue weighted by Gasteiger charge is 2.28. The minimum atomic E-state index is 0.226. The molecule has 0 saturated carbocycles. The van der Waals surface area contributed by atoms with Crippen LogP contribution in [0.5, 0.6) is 0 Å². The van der Waals surface area contributed by atoms with Crippen molar-refractivity contribution >= 4 is 21.7 Å². The summed E-state index contributed by atoms with van der Waals surface area (Å²) in [5.41, 5.74) is 2.13. The molecule has 1 unspecified atom stereocenters. The molecule has 0 radical (unpaired) electrons. The van der Waals surface area contributed by atoms with Crippen LogP contribution < -0.4 is 0 Å². The largest absolute Gasteiger partial charge is 0.294 e. The summed E-state index contributed by atoms with van der Waals surface area (Å²) >= 11 is 3.38. The summed E-state index contributed by atoms with van der Waals surface area (Å²) in [5, 5.41) is 0. The molecule has 0 heterocycles. The van der Waals surface area contributed by atoms with E-state index >= 15 is 0 Å². The number of Topliss-reactive ketones (excluding diaryl/α,β-unsaturated/α-hetero) is 1. The van der Waals surface area contributed by atoms with Crippen molar-refractivity contribution in [3.8, 4) is 0 Å². The lowest BCUT2D eigenvalue weighted by Crippen LogP contribution is -2.06. The van der Waals surface area contributed by atoms with E-state index in [4.69, 9.17) is 0 Å². The molecule has 0 bridgehead atoms. The first-order valence-electron chi connectivity index (χ1n) is 4.55. The highest BCUT2D eigenvalue weighted by atomic mass is 79.9. The molecule has 0 fully saturated rings. The van der Waals surface area contributed by atoms with Crippen molar-refractivity contribution in [2.75, 3.05) is 0 Å². The lowest BCUT2D eigenvalue weighted by molar-refractivity contribution is 0.0934. The Bertz CT molecular complexity index is 357. The van der Waals surface area contributed by atoms with E-state index in [-0.39, 0.29) is 5.92 Å². The van der Waals surface area contributed by atoms with Gasteiger partial charge in [-0.2, -0.15) is 0 Å². The smallest absolute Gasteiger partial charge is 0.166 e. The summed E-state index contributed by atoms with van der Waals surface area (Å²) in [4.78, 5) is 11.8. The molecule has 0 saturated heterocycles. The van der Waals surface area contributed by atoms with Crippen LogP contribution in [0.25, 0.3) is 0 Å². The molecule has 0 amide bonds. The van der Waals surface area contributed by atoms with Crippen molar-refractivity contribution in [1.82, 2.24) is 0 Å². The van der Waals surface area contributed by atoms with E-state index in [0.717, 1.165) is 22.9 Å². The molecule has 0 N–H and O–H groups in total. The minimum absolute atomic E-state index is 0.226. The topological polar surface area (TPSA) is 17.1 Å². The zero-order chi connectivity index (χ0) is 9.42. The third-order valence-corrected chi connectivity index (χ3v) is 3.16. The van der Waals surface area contributed by atoms with Gasteiger partial charge in [-0.25, -0.2) is 0 Å². The number of fused-ring (bicyclic) bond motifs is 1. The van der Waals surface area contributed by atoms with Crippen molar-refractivity contribution in [1.29, 1.82) is 0 Å². The lowest BCUT2D eigenvalue weighted by atomic mass is 10.0. The molecule has 1 nitrogen and oxygen atoms in total. The molecule has 1 aliphatic carbocycles. The van der Waals surface area contributed by atoms with Crippen LogP contribution in [0.15, 0.2) is 22.7 Å². The van der Waals surface area contributed by atoms with Gasteiger partial charge in [0.15, 0.2) is 5.78 Å². The molecular weight excluding hydrogens is 228 g/mol. The molecule has 0 aliphatic heterocycles. The number of carbonyl (C=O) groups excluding carboxylic acids is 1. The van der Waals surface area contributed by atoms with Gasteiger partial charge in [0.1, 0.15) is 0 Å². The van der Waals surface area contributed by atoms with E-state index in [1.165, 1.54) is 5.56 Å². The fraction of sp³-hybridized carbons (Fsp3) is 0.364. The second-order valence-electron chi connectivity index (χ2n) is 3.48. The first-order valence-corrected chi connectivity index (χ1v) is 5.34. The molecule has 2 rings (SSSR count). The van der Waals surface area contributed by atoms with Gasteiger partial charge in [0.25, 0.3) is 0 Å². The standard InChI is InChI=1S/C11H11BrO/c1-2-7-5-8-3-4-9(12)6-10(8)11(7)13/h3-4,6-7H,2,5H2,1H3. The van der Waals surface area contributed by atoms with Crippen LogP contribution in [0, 0.1) is 5.92 Å². The van der Waals surface area contributed by atoms with Crippen molar-refractivity contribution in [3.05, 3.63) is 33.8 Å². The minimum Gasteiger partial charge on any atom is -0.294 e. The fourth-order valence-corrected chi connectivity index (χ4v) is 2.22. The van der Waals surface area contributed by atoms with E-state index < -0.39 is 0 Å². The number of carbonyl (C=O) groups is 1. The fourth-order valence-electron chi connectivity index (χ4n) is 1.86. The van der Waals surface area contributed by atoms with Gasteiger partial charge < -0.3 is 0 Å². The quantitative estimate of drug-likeness (QED) is 0.735. The summed E-state index contributed by atoms with van der Waals surface area (Å²) in [6.45, 7) is 2.07. The van der Waals surface area contributed by atoms with Crippen molar-refractivity contribution in [2.45, 2.75) is 19.8 Å². The van der Waals surface area contributed by atoms with Crippen LogP contribution in [0.2, 0.25) is 0 Å². The molecule has 1 atom stereocenters. The zero-order valence-electron chi connectivity index (χ0n) is 7.51. The van der Waals surface area contributed by atoms with E-state index in [1.54, 1.807) is 0 Å². The van der Waals surface area contributed by atoms with Gasteiger partial charge in [-0.05, 0) is 30.5 Å². The monoisotopic (exact) mass is 238 g/mol. The molecule has 0 spiro atoms. The van der Waals surface area contributed by atoms with Crippen LogP contribution in [-0.4, -0.2) is 5.78 Å². The normalized spacial score (nSPS) is 20.5. The Balaban J connectivity index is 2.45. The Labute approximate surface area is 86.3 Å². The average molecular weight is 239 g/mol. The van der Waals surface area contributed by atoms with E-state index in [0.29, 0.717) is 5.78 Å². The van der Waals surface area contributed by atoms with E-state index in [9.17, 15) is 4.79 Å². The van der Waals surface area contributed by atoms with Crippen molar-refractivity contribution in [3.63, 3.8) is 0 Å². The maximum atomic E-state index is 11.8. The van der Waals surface area contributed by atoms with E-state index in [2.05, 4.69) is 22.9 Å². The summed E-state index contributed by atoms with van der Waals surface area (Å²) < 4.78 is 0.997. The Morgan fingerprint density at radius 3 is 3.00 bits per heavy atom. The van der Waals surface area contributed by atoms with Gasteiger partial charge in [-0.15, -0.1) is 0 Å². The first-order chi connectivity index (χ1) is 6.22. The summed E-state index contributed by atoms with van der Waals surface area (Å²) in [5.74, 6) is 0.545. The Morgan fingerprint density at radius 1 is 1.54 bits per heavy atom. The van der Waals surface area contributed by atoms with Gasteiger partial charge >= 0.3 is 0 Å². The van der Waals surface area contributed by atoms with Crippen molar-refractivity contribution < 1.29 is 4.79 Å². The third-order valence-electron chi connectivity index (χ3n) is 2.67. The SMILES string of the molecule is CCC1Cc2ccc(Br)cc2C1=O. The van der Waals surface area contributed by atoms with Gasteiger partial charge in [0.2, 0.25) is 0 Å². The molecule has 68 valence electrons. The molecule has 1 aromatic carbocycles. The predicted molar refractivity (Wildman–Crippen MR) is 56.0 cm³/mol.